The van der Waals surface area contributed by atoms with Crippen LogP contribution in [0.25, 0.3) is 0 Å². The summed E-state index contributed by atoms with van der Waals surface area (Å²) in [6.07, 6.45) is 18.4. The van der Waals surface area contributed by atoms with Crippen LogP contribution in [0.2, 0.25) is 0 Å². The molecule has 15 atom stereocenters. The van der Waals surface area contributed by atoms with Crippen LogP contribution < -0.4 is 0 Å². The van der Waals surface area contributed by atoms with E-state index in [1.807, 2.05) is 84.9 Å². The third-order valence-electron chi connectivity index (χ3n) is 13.7. The lowest BCUT2D eigenvalue weighted by Gasteiger charge is -2.35. The lowest BCUT2D eigenvalue weighted by Crippen LogP contribution is -2.41. The number of rotatable bonds is 18. The number of ketones is 1. The van der Waals surface area contributed by atoms with E-state index < -0.39 is 36.4 Å². The fourth-order valence-electron chi connectivity index (χ4n) is 9.07. The van der Waals surface area contributed by atoms with Gasteiger partial charge in [0.05, 0.1) is 42.7 Å². The highest BCUT2D eigenvalue weighted by atomic mass is 16.6. The lowest BCUT2D eigenvalue weighted by atomic mass is 9.81. The molecule has 2 bridgehead atoms. The zero-order valence-electron chi connectivity index (χ0n) is 43.0. The van der Waals surface area contributed by atoms with Crippen molar-refractivity contribution in [3.05, 3.63) is 72.0 Å². The number of Topliss-reactive ketones (excluding diaryl/α,β-unsaturated/α-hetero) is 1. The number of nitrogens with zero attached hydrogens (tertiary/aromatic N) is 1. The maximum Gasteiger partial charge on any atom is 0.331 e. The summed E-state index contributed by atoms with van der Waals surface area (Å²) >= 11 is 0. The van der Waals surface area contributed by atoms with Gasteiger partial charge in [0.25, 0.3) is 0 Å². The first kappa shape index (κ1) is 59.4. The Hall–Kier alpha value is -3.76. The van der Waals surface area contributed by atoms with Gasteiger partial charge in [-0.1, -0.05) is 95.2 Å². The highest BCUT2D eigenvalue weighted by Crippen LogP contribution is 2.33. The fraction of sp³-hybridized carbons (Fsp3) is 0.698. The van der Waals surface area contributed by atoms with Crippen molar-refractivity contribution in [1.82, 2.24) is 4.90 Å². The first-order valence-electron chi connectivity index (χ1n) is 23.9. The third kappa shape index (κ3) is 20.4. The SMILES string of the molecule is CO[C@@H]1CC2=CC(=O)O[C@H](C2)[C@@H](C)[C@H](OC)C[C@@H](OC)/C=C/[C@H](C)[C@H](O)C[C@@H](OC)/C=C/[C@H](C)[C@@H]([C@H](C)[C@H](OC)[C@H](C)CCC(=O)[C@H](C)[C@H](C/C=C/N(C)C=O)OC)OC(=O)/C=C/C=C(\C)C1. The van der Waals surface area contributed by atoms with E-state index in [0.717, 1.165) is 11.1 Å². The molecule has 0 aromatic carbocycles. The highest BCUT2D eigenvalue weighted by Gasteiger charge is 2.37. The van der Waals surface area contributed by atoms with E-state index in [-0.39, 0.29) is 71.8 Å². The van der Waals surface area contributed by atoms with Crippen LogP contribution in [-0.4, -0.2) is 139 Å². The van der Waals surface area contributed by atoms with Crippen LogP contribution in [0, 0.1) is 35.5 Å². The van der Waals surface area contributed by atoms with Crippen LogP contribution in [0.15, 0.2) is 72.0 Å². The molecule has 0 aromatic rings. The Labute approximate surface area is 402 Å². The Morgan fingerprint density at radius 2 is 1.51 bits per heavy atom. The number of esters is 2. The molecule has 0 aliphatic carbocycles. The molecule has 2 aliphatic rings. The number of methoxy groups -OCH3 is 6. The summed E-state index contributed by atoms with van der Waals surface area (Å²) in [6, 6.07) is 0. The molecule has 0 aromatic heterocycles. The van der Waals surface area contributed by atoms with E-state index in [9.17, 15) is 24.3 Å². The van der Waals surface area contributed by atoms with Gasteiger partial charge in [-0.3, -0.25) is 9.59 Å². The van der Waals surface area contributed by atoms with Crippen LogP contribution in [0.3, 0.4) is 0 Å². The Kier molecular flexibility index (Phi) is 27.8. The smallest absolute Gasteiger partial charge is 0.331 e. The van der Waals surface area contributed by atoms with E-state index in [2.05, 4.69) is 0 Å². The van der Waals surface area contributed by atoms with Crippen molar-refractivity contribution in [2.75, 3.05) is 49.7 Å². The highest BCUT2D eigenvalue weighted by molar-refractivity contribution is 5.84. The molecule has 0 saturated heterocycles. The van der Waals surface area contributed by atoms with Crippen LogP contribution >= 0.6 is 0 Å². The average molecular weight is 944 g/mol. The maximum atomic E-state index is 13.6. The summed E-state index contributed by atoms with van der Waals surface area (Å²) in [6.45, 7) is 13.8. The van der Waals surface area contributed by atoms with Gasteiger partial charge < -0.3 is 47.9 Å². The first-order chi connectivity index (χ1) is 31.9. The van der Waals surface area contributed by atoms with E-state index in [0.29, 0.717) is 57.8 Å². The molecular formula is C53H85NO13. The van der Waals surface area contributed by atoms with Gasteiger partial charge in [-0.05, 0) is 38.5 Å². The van der Waals surface area contributed by atoms with Crippen LogP contribution in [0.1, 0.15) is 99.8 Å². The quantitative estimate of drug-likeness (QED) is 0.0801. The minimum absolute atomic E-state index is 0.0620. The van der Waals surface area contributed by atoms with Crippen LogP contribution in [0.4, 0.5) is 0 Å². The molecule has 2 heterocycles. The van der Waals surface area contributed by atoms with Gasteiger partial charge in [0.15, 0.2) is 0 Å². The van der Waals surface area contributed by atoms with Crippen LogP contribution in [-0.2, 0) is 57.1 Å². The number of carbonyl (C=O) groups is 4. The molecule has 2 rings (SSSR count). The van der Waals surface area contributed by atoms with Crippen molar-refractivity contribution in [2.24, 2.45) is 35.5 Å². The third-order valence-corrected chi connectivity index (χ3v) is 13.7. The molecule has 67 heavy (non-hydrogen) atoms. The average Bonchev–Trinajstić information content (AvgIpc) is 3.31. The molecule has 0 fully saturated rings. The molecule has 2 aliphatic heterocycles. The van der Waals surface area contributed by atoms with E-state index in [4.69, 9.17) is 37.9 Å². The number of allylic oxidation sites excluding steroid dienone is 2. The van der Waals surface area contributed by atoms with Crippen molar-refractivity contribution < 1.29 is 62.2 Å². The lowest BCUT2D eigenvalue weighted by molar-refractivity contribution is -0.152. The summed E-state index contributed by atoms with van der Waals surface area (Å²) in [5, 5.41) is 11.4. The topological polar surface area (TPSA) is 166 Å². The second-order valence-corrected chi connectivity index (χ2v) is 18.7. The van der Waals surface area contributed by atoms with Gasteiger partial charge in [0.1, 0.15) is 18.0 Å². The number of amides is 1. The predicted octanol–water partition coefficient (Wildman–Crippen LogP) is 7.94. The molecular weight excluding hydrogens is 859 g/mol. The summed E-state index contributed by atoms with van der Waals surface area (Å²) in [4.78, 5) is 52.3. The van der Waals surface area contributed by atoms with Gasteiger partial charge in [-0.2, -0.15) is 0 Å². The molecule has 14 heteroatoms. The number of carbonyl (C=O) groups excluding carboxylic acids is 4. The normalized spacial score (nSPS) is 32.2. The predicted molar refractivity (Wildman–Crippen MR) is 260 cm³/mol. The standard InChI is InChI=1S/C53H85NO13/c1-34-17-15-19-50(58)67-53(40(7)52(65-14)36(3)22-25-45(56)38(5)47(63-12)18-16-26-54(8)33-55)37(4)21-24-42(60-9)31-46(57)35(2)20-23-43(61-10)32-48(64-13)39(6)49-29-41(30-51(59)66-49)28-44(27-34)62-11/h15-17,19-21,23-24,26,30,33,35-40,42-44,46-49,52-53,57H,18,22,25,27-29,31-32H2,1-14H3/b19-15+,23-20+,24-21+,26-16+,34-17+/t35-,36+,37-,38-,39-,40+,42-,43-,44-,46+,47-,48+,49+,52+,53-/m0/s1. The van der Waals surface area contributed by atoms with Gasteiger partial charge >= 0.3 is 11.9 Å². The van der Waals surface area contributed by atoms with Crippen molar-refractivity contribution in [2.45, 2.75) is 155 Å². The minimum Gasteiger partial charge on any atom is -0.458 e. The van der Waals surface area contributed by atoms with Gasteiger partial charge in [0, 0.05) is 123 Å². The molecule has 1 N–H and O–H groups in total. The number of hydrogen-bond donors (Lipinski definition) is 1. The summed E-state index contributed by atoms with van der Waals surface area (Å²) in [5.74, 6) is -2.31. The molecule has 0 radical (unpaired) electrons. The minimum atomic E-state index is -0.754. The second-order valence-electron chi connectivity index (χ2n) is 18.7. The van der Waals surface area contributed by atoms with Crippen molar-refractivity contribution in [3.8, 4) is 0 Å². The maximum absolute atomic E-state index is 13.6. The fourth-order valence-corrected chi connectivity index (χ4v) is 9.07. The zero-order valence-corrected chi connectivity index (χ0v) is 43.0. The number of hydrogen-bond acceptors (Lipinski definition) is 13. The molecule has 0 unspecified atom stereocenters. The first-order valence-corrected chi connectivity index (χ1v) is 23.9. The van der Waals surface area contributed by atoms with Gasteiger partial charge in [0.2, 0.25) is 6.41 Å². The zero-order chi connectivity index (χ0) is 50.2. The largest absolute Gasteiger partial charge is 0.458 e. The summed E-state index contributed by atoms with van der Waals surface area (Å²) < 4.78 is 47.4. The molecule has 14 nitrogen and oxygen atoms in total. The monoisotopic (exact) mass is 944 g/mol. The van der Waals surface area contributed by atoms with E-state index in [1.54, 1.807) is 68.1 Å². The summed E-state index contributed by atoms with van der Waals surface area (Å²) in [7, 11) is 11.4. The molecule has 0 spiro atoms. The van der Waals surface area contributed by atoms with Crippen molar-refractivity contribution in [1.29, 1.82) is 0 Å². The van der Waals surface area contributed by atoms with Crippen molar-refractivity contribution in [3.63, 3.8) is 0 Å². The van der Waals surface area contributed by atoms with Crippen molar-refractivity contribution >= 4 is 24.1 Å². The number of fused-ring (bicyclic) bond motifs is 2. The molecule has 380 valence electrons. The number of aliphatic hydroxyl groups is 1. The van der Waals surface area contributed by atoms with E-state index >= 15 is 0 Å². The van der Waals surface area contributed by atoms with Gasteiger partial charge in [-0.25, -0.2) is 9.59 Å². The van der Waals surface area contributed by atoms with Gasteiger partial charge in [-0.15, -0.1) is 0 Å². The Bertz CT molecular complexity index is 1690. The Morgan fingerprint density at radius 1 is 0.851 bits per heavy atom. The van der Waals surface area contributed by atoms with Crippen LogP contribution in [0.5, 0.6) is 0 Å². The Morgan fingerprint density at radius 3 is 2.10 bits per heavy atom. The number of ether oxygens (including phenoxy) is 8. The van der Waals surface area contributed by atoms with E-state index in [1.165, 1.54) is 11.0 Å². The second kappa shape index (κ2) is 31.4. The molecule has 0 saturated carbocycles. The number of aliphatic hydroxyl groups excluding tert-OH is 1. The Balaban J connectivity index is 2.46. The molecule has 1 amide bonds. The number of cyclic esters (lactones) is 1. The summed E-state index contributed by atoms with van der Waals surface area (Å²) in [5.41, 5.74) is 1.90.